The third-order valence-electron chi connectivity index (χ3n) is 6.87. The summed E-state index contributed by atoms with van der Waals surface area (Å²) < 4.78 is 10.8. The molecule has 2 N–H and O–H groups in total. The van der Waals surface area contributed by atoms with E-state index in [1.165, 1.54) is 5.01 Å². The molecule has 0 spiro atoms. The first-order chi connectivity index (χ1) is 18.2. The Balaban J connectivity index is 1.39. The van der Waals surface area contributed by atoms with E-state index in [0.29, 0.717) is 28.3 Å². The molecule has 0 saturated heterocycles. The van der Waals surface area contributed by atoms with Crippen molar-refractivity contribution in [3.8, 4) is 11.5 Å². The van der Waals surface area contributed by atoms with Crippen molar-refractivity contribution in [1.82, 2.24) is 10.4 Å². The number of ether oxygens (including phenoxy) is 2. The van der Waals surface area contributed by atoms with E-state index in [1.54, 1.807) is 24.3 Å². The first-order valence-corrected chi connectivity index (χ1v) is 12.0. The lowest BCUT2D eigenvalue weighted by atomic mass is 9.93. The summed E-state index contributed by atoms with van der Waals surface area (Å²) in [5.74, 6) is 0.354. The van der Waals surface area contributed by atoms with Crippen molar-refractivity contribution in [3.05, 3.63) is 114 Å². The molecular formula is C30H21N3O4. The maximum atomic E-state index is 13.9. The highest BCUT2D eigenvalue weighted by Crippen LogP contribution is 2.39. The van der Waals surface area contributed by atoms with Crippen LogP contribution in [0, 0.1) is 0 Å². The van der Waals surface area contributed by atoms with Gasteiger partial charge in [0, 0.05) is 16.8 Å². The number of rotatable bonds is 3. The van der Waals surface area contributed by atoms with Gasteiger partial charge in [-0.3, -0.25) is 15.0 Å². The predicted octanol–water partition coefficient (Wildman–Crippen LogP) is 5.63. The van der Waals surface area contributed by atoms with Crippen LogP contribution in [-0.4, -0.2) is 23.6 Å². The van der Waals surface area contributed by atoms with Gasteiger partial charge in [-0.15, -0.1) is 0 Å². The summed E-state index contributed by atoms with van der Waals surface area (Å²) in [4.78, 5) is 27.3. The molecule has 0 aliphatic carbocycles. The largest absolute Gasteiger partial charge is 0.454 e. The summed E-state index contributed by atoms with van der Waals surface area (Å²) in [7, 11) is 0. The molecule has 37 heavy (non-hydrogen) atoms. The highest BCUT2D eigenvalue weighted by molar-refractivity contribution is 6.07. The topological polar surface area (TPSA) is 79.9 Å². The summed E-state index contributed by atoms with van der Waals surface area (Å²) in [6.07, 6.45) is -0.656. The monoisotopic (exact) mass is 487 g/mol. The number of nitrogens with one attached hydrogen (secondary N) is 2. The summed E-state index contributed by atoms with van der Waals surface area (Å²) in [5.41, 5.74) is 5.34. The molecule has 5 aromatic rings. The van der Waals surface area contributed by atoms with E-state index in [0.717, 1.165) is 27.1 Å². The summed E-state index contributed by atoms with van der Waals surface area (Å²) in [6.45, 7) is 0.113. The van der Waals surface area contributed by atoms with Crippen molar-refractivity contribution in [2.45, 2.75) is 6.17 Å². The number of fused-ring (bicyclic) bond motifs is 4. The van der Waals surface area contributed by atoms with Crippen molar-refractivity contribution in [2.75, 3.05) is 12.1 Å². The lowest BCUT2D eigenvalue weighted by Gasteiger charge is -2.38. The molecule has 0 saturated carbocycles. The van der Waals surface area contributed by atoms with Crippen molar-refractivity contribution >= 4 is 39.0 Å². The SMILES string of the molecule is O=C(NN1C(=O)c2ccccc2N[C@@H]1c1c2ccccc2cc2ccccc12)c1ccc2c(c1)OCO2. The van der Waals surface area contributed by atoms with Gasteiger partial charge >= 0.3 is 0 Å². The van der Waals surface area contributed by atoms with Crippen molar-refractivity contribution in [3.63, 3.8) is 0 Å². The van der Waals surface area contributed by atoms with Gasteiger partial charge in [-0.1, -0.05) is 60.7 Å². The number of benzene rings is 5. The zero-order valence-electron chi connectivity index (χ0n) is 19.6. The van der Waals surface area contributed by atoms with Crippen LogP contribution in [0.3, 0.4) is 0 Å². The Bertz CT molecular complexity index is 1680. The quantitative estimate of drug-likeness (QED) is 0.322. The van der Waals surface area contributed by atoms with E-state index in [-0.39, 0.29) is 12.7 Å². The number of amides is 2. The minimum atomic E-state index is -0.656. The third-order valence-corrected chi connectivity index (χ3v) is 6.87. The molecule has 180 valence electrons. The van der Waals surface area contributed by atoms with Gasteiger partial charge < -0.3 is 14.8 Å². The number of nitrogens with zero attached hydrogens (tertiary/aromatic N) is 1. The fourth-order valence-corrected chi connectivity index (χ4v) is 5.13. The standard InChI is InChI=1S/C30H21N3O4/c34-29(20-13-14-25-26(16-20)37-17-36-25)32-33-28(31-24-12-6-5-11-23(24)30(33)35)27-21-9-3-1-7-18(21)15-19-8-2-4-10-22(19)27/h1-16,28,31H,17H2,(H,32,34)/t28-/m0/s1. The molecule has 0 bridgehead atoms. The van der Waals surface area contributed by atoms with Crippen LogP contribution in [0.5, 0.6) is 11.5 Å². The summed E-state index contributed by atoms with van der Waals surface area (Å²) >= 11 is 0. The van der Waals surface area contributed by atoms with E-state index >= 15 is 0 Å². The molecule has 7 rings (SSSR count). The molecule has 2 aliphatic heterocycles. The lowest BCUT2D eigenvalue weighted by molar-refractivity contribution is 0.0493. The molecule has 2 amide bonds. The molecule has 0 radical (unpaired) electrons. The molecule has 0 aromatic heterocycles. The summed E-state index contributed by atoms with van der Waals surface area (Å²) in [6, 6.07) is 30.6. The normalized spacial score (nSPS) is 15.9. The number of hydrogen-bond donors (Lipinski definition) is 2. The zero-order valence-corrected chi connectivity index (χ0v) is 19.6. The second-order valence-corrected chi connectivity index (χ2v) is 9.01. The predicted molar refractivity (Wildman–Crippen MR) is 140 cm³/mol. The van der Waals surface area contributed by atoms with Crippen LogP contribution in [-0.2, 0) is 0 Å². The number of hydrazine groups is 1. The van der Waals surface area contributed by atoms with Crippen LogP contribution in [0.2, 0.25) is 0 Å². The molecule has 7 nitrogen and oxygen atoms in total. The third kappa shape index (κ3) is 3.43. The Kier molecular flexibility index (Phi) is 4.75. The molecule has 2 heterocycles. The van der Waals surface area contributed by atoms with Crippen LogP contribution in [0.4, 0.5) is 5.69 Å². The van der Waals surface area contributed by atoms with E-state index in [2.05, 4.69) is 28.9 Å². The number of para-hydroxylation sites is 1. The van der Waals surface area contributed by atoms with Crippen LogP contribution < -0.4 is 20.2 Å². The molecule has 1 atom stereocenters. The van der Waals surface area contributed by atoms with Crippen LogP contribution >= 0.6 is 0 Å². The Hall–Kier alpha value is -5.04. The average Bonchev–Trinajstić information content (AvgIpc) is 3.41. The van der Waals surface area contributed by atoms with Gasteiger partial charge in [0.25, 0.3) is 11.8 Å². The summed E-state index contributed by atoms with van der Waals surface area (Å²) in [5, 5.41) is 9.00. The Morgan fingerprint density at radius 3 is 2.27 bits per heavy atom. The molecule has 0 unspecified atom stereocenters. The Labute approximate surface area is 212 Å². The minimum absolute atomic E-state index is 0.113. The molecule has 2 aliphatic rings. The number of hydrogen-bond acceptors (Lipinski definition) is 5. The zero-order chi connectivity index (χ0) is 24.9. The minimum Gasteiger partial charge on any atom is -0.454 e. The van der Waals surface area contributed by atoms with Gasteiger partial charge in [0.05, 0.1) is 5.56 Å². The highest BCUT2D eigenvalue weighted by atomic mass is 16.7. The second kappa shape index (κ2) is 8.27. The number of carbonyl (C=O) groups excluding carboxylic acids is 2. The second-order valence-electron chi connectivity index (χ2n) is 9.01. The van der Waals surface area contributed by atoms with E-state index in [1.807, 2.05) is 54.6 Å². The fourth-order valence-electron chi connectivity index (χ4n) is 5.13. The van der Waals surface area contributed by atoms with E-state index < -0.39 is 12.1 Å². The average molecular weight is 488 g/mol. The lowest BCUT2D eigenvalue weighted by Crippen LogP contribution is -2.53. The van der Waals surface area contributed by atoms with Gasteiger partial charge in [0.1, 0.15) is 6.17 Å². The van der Waals surface area contributed by atoms with Gasteiger partial charge in [-0.05, 0) is 57.9 Å². The van der Waals surface area contributed by atoms with E-state index in [9.17, 15) is 9.59 Å². The molecular weight excluding hydrogens is 466 g/mol. The van der Waals surface area contributed by atoms with Crippen molar-refractivity contribution < 1.29 is 19.1 Å². The highest BCUT2D eigenvalue weighted by Gasteiger charge is 2.36. The smallest absolute Gasteiger partial charge is 0.276 e. The number of carbonyl (C=O) groups is 2. The molecule has 5 aromatic carbocycles. The van der Waals surface area contributed by atoms with Gasteiger partial charge in [0.2, 0.25) is 6.79 Å². The van der Waals surface area contributed by atoms with Gasteiger partial charge in [0.15, 0.2) is 11.5 Å². The van der Waals surface area contributed by atoms with Crippen LogP contribution in [0.15, 0.2) is 97.1 Å². The van der Waals surface area contributed by atoms with Crippen molar-refractivity contribution in [1.29, 1.82) is 0 Å². The fraction of sp³-hybridized carbons (Fsp3) is 0.0667. The Morgan fingerprint density at radius 2 is 1.49 bits per heavy atom. The molecule has 0 fully saturated rings. The Morgan fingerprint density at radius 1 is 0.811 bits per heavy atom. The first kappa shape index (κ1) is 21.3. The van der Waals surface area contributed by atoms with Gasteiger partial charge in [-0.25, -0.2) is 5.01 Å². The van der Waals surface area contributed by atoms with E-state index in [4.69, 9.17) is 9.47 Å². The molecule has 7 heteroatoms. The van der Waals surface area contributed by atoms with Crippen LogP contribution in [0.25, 0.3) is 21.5 Å². The van der Waals surface area contributed by atoms with Crippen LogP contribution in [0.1, 0.15) is 32.4 Å². The van der Waals surface area contributed by atoms with Gasteiger partial charge in [-0.2, -0.15) is 0 Å². The number of anilines is 1. The van der Waals surface area contributed by atoms with Crippen molar-refractivity contribution in [2.24, 2.45) is 0 Å². The maximum absolute atomic E-state index is 13.9. The maximum Gasteiger partial charge on any atom is 0.276 e. The first-order valence-electron chi connectivity index (χ1n) is 12.0.